The number of piperazine rings is 3. The molecule has 3 atom stereocenters. The highest BCUT2D eigenvalue weighted by Crippen LogP contribution is 2.47. The molecule has 0 saturated carbocycles. The molecule has 0 bridgehead atoms. The smallest absolute Gasteiger partial charge is 0.355 e. The van der Waals surface area contributed by atoms with Gasteiger partial charge < -0.3 is 46.6 Å². The van der Waals surface area contributed by atoms with Gasteiger partial charge in [-0.3, -0.25) is 29.3 Å². The number of pyridine rings is 6. The first-order chi connectivity index (χ1) is 62.3. The van der Waals surface area contributed by atoms with Gasteiger partial charge in [-0.25, -0.2) is 86.9 Å². The molecule has 3 fully saturated rings. The van der Waals surface area contributed by atoms with Gasteiger partial charge in [-0.1, -0.05) is 119 Å². The molecule has 690 valence electrons. The minimum absolute atomic E-state index is 0.0536. The van der Waals surface area contributed by atoms with Gasteiger partial charge >= 0.3 is 17.1 Å². The van der Waals surface area contributed by atoms with Gasteiger partial charge in [0.15, 0.2) is 69.3 Å². The molecule has 3 aromatic carbocycles. The van der Waals surface area contributed by atoms with Crippen LogP contribution in [0, 0.1) is 78.9 Å². The molecule has 3 amide bonds. The van der Waals surface area contributed by atoms with Crippen molar-refractivity contribution >= 4 is 143 Å². The van der Waals surface area contributed by atoms with Crippen LogP contribution >= 0.6 is 58.0 Å². The van der Waals surface area contributed by atoms with Crippen molar-refractivity contribution in [1.29, 1.82) is 0 Å². The molecule has 27 nitrogen and oxygen atoms in total. The van der Waals surface area contributed by atoms with E-state index < -0.39 is 151 Å². The fraction of sp³-hybridized carbons (Fsp3) is 0.300. The molecule has 0 aliphatic carbocycles. The molecule has 15 rings (SSSR count). The van der Waals surface area contributed by atoms with Gasteiger partial charge in [-0.2, -0.15) is 15.0 Å². The van der Waals surface area contributed by atoms with Crippen molar-refractivity contribution in [2.24, 2.45) is 0 Å². The Labute approximate surface area is 772 Å². The fourth-order valence-corrected chi connectivity index (χ4v) is 17.6. The highest BCUT2D eigenvalue weighted by Gasteiger charge is 2.38. The van der Waals surface area contributed by atoms with Crippen LogP contribution in [0.25, 0.3) is 83.9 Å². The summed E-state index contributed by atoms with van der Waals surface area (Å²) in [7, 11) is 0. The van der Waals surface area contributed by atoms with Crippen LogP contribution < -0.4 is 49.0 Å². The Bertz CT molecular complexity index is 6310. The van der Waals surface area contributed by atoms with Crippen LogP contribution in [0.15, 0.2) is 107 Å². The normalized spacial score (nSPS) is 15.4. The number of hydrogen-bond donors (Lipinski definition) is 3. The number of nitrogens with two attached hydrogens (primary N) is 3. The van der Waals surface area contributed by atoms with E-state index in [-0.39, 0.29) is 150 Å². The first-order valence-corrected chi connectivity index (χ1v) is 42.9. The van der Waals surface area contributed by atoms with E-state index in [9.17, 15) is 50.7 Å². The van der Waals surface area contributed by atoms with E-state index in [1.54, 1.807) is 93.9 Å². The van der Waals surface area contributed by atoms with Gasteiger partial charge in [0.2, 0.25) is 17.7 Å². The number of aromatic nitrogens is 12. The Morgan fingerprint density at radius 1 is 0.386 bits per heavy atom. The Balaban J connectivity index is 0.000000168. The van der Waals surface area contributed by atoms with Crippen LogP contribution in [-0.2, 0) is 14.4 Å². The van der Waals surface area contributed by atoms with Gasteiger partial charge in [0.1, 0.15) is 55.4 Å². The number of anilines is 6. The number of aryl methyl sites for hydroxylation is 3. The molecular weight excluding hydrogens is 1840 g/mol. The maximum absolute atomic E-state index is 16.0. The average Bonchev–Trinajstić information content (AvgIpc) is 0.736. The lowest BCUT2D eigenvalue weighted by atomic mass is 10.0. The number of nitrogens with zero attached hydrogens (tertiary/aromatic N) is 18. The second-order valence-corrected chi connectivity index (χ2v) is 34.4. The minimum Gasteiger partial charge on any atom is -0.397 e. The first-order valence-electron chi connectivity index (χ1n) is 41.0. The maximum Gasteiger partial charge on any atom is 0.355 e. The molecular formula is C90H84Cl5F10N21O6. The van der Waals surface area contributed by atoms with Gasteiger partial charge in [-0.15, -0.1) is 0 Å². The molecule has 3 aliphatic heterocycles. The van der Waals surface area contributed by atoms with Crippen LogP contribution in [0.3, 0.4) is 0 Å². The predicted octanol–water partition coefficient (Wildman–Crippen LogP) is 16.9. The summed E-state index contributed by atoms with van der Waals surface area (Å²) < 4.78 is 154. The van der Waals surface area contributed by atoms with Crippen LogP contribution in [0.2, 0.25) is 25.1 Å². The van der Waals surface area contributed by atoms with Crippen molar-refractivity contribution < 1.29 is 58.3 Å². The zero-order chi connectivity index (χ0) is 96.6. The third-order valence-electron chi connectivity index (χ3n) is 22.9. The predicted molar refractivity (Wildman–Crippen MR) is 490 cm³/mol. The summed E-state index contributed by atoms with van der Waals surface area (Å²) >= 11 is 30.0. The van der Waals surface area contributed by atoms with E-state index in [4.69, 9.17) is 75.2 Å². The molecule has 6 N–H and O–H groups in total. The summed E-state index contributed by atoms with van der Waals surface area (Å²) in [5.74, 6) is -15.2. The summed E-state index contributed by atoms with van der Waals surface area (Å²) in [4.78, 5) is 129. The maximum atomic E-state index is 16.0. The lowest BCUT2D eigenvalue weighted by Gasteiger charge is -2.40. The Morgan fingerprint density at radius 2 is 0.682 bits per heavy atom. The number of amides is 3. The number of halogens is 15. The zero-order valence-corrected chi connectivity index (χ0v) is 76.6. The number of rotatable bonds is 15. The van der Waals surface area contributed by atoms with Crippen molar-refractivity contribution in [3.05, 3.63) is 241 Å². The number of benzene rings is 3. The first kappa shape index (κ1) is 96.7. The van der Waals surface area contributed by atoms with E-state index >= 15 is 22.0 Å². The van der Waals surface area contributed by atoms with Crippen molar-refractivity contribution in [2.75, 3.05) is 90.8 Å². The van der Waals surface area contributed by atoms with E-state index in [0.29, 0.717) is 63.9 Å². The zero-order valence-electron chi connectivity index (χ0n) is 72.8. The lowest BCUT2D eigenvalue weighted by Crippen LogP contribution is -2.54. The van der Waals surface area contributed by atoms with E-state index in [0.717, 1.165) is 22.8 Å². The van der Waals surface area contributed by atoms with Gasteiger partial charge in [0.05, 0.1) is 88.5 Å². The standard InChI is InChI=1S/2C30H28Cl2F3N7O2.C30H28ClF4N7O2/c1-6-18(43)41-10-9-40(12-15(41)5)28-16-11-17(33)26(19-22(34)20(31)23(35)21(32)24(19)36)38-29(16)42(30(44)39-28)27-14(4)7-8-37-25(27)13(2)3;1-6-18(43)41-10-9-40(12-15(41)5)28-16-11-17(33)26(19-20(31)22(34)23(35)24(36)21(19)32)38-29(16)42(30(44)39-28)27-14(4)7-8-37-25(27)13(2)3;1-6-18(43)41-10-9-40(12-15(41)5)28-16-11-17(32)26(19-21(33)23(35)22(34)20(31)24(19)36)38-29(16)42(30(44)39-28)27-14(4)7-8-37-25(27)13(2)3/h3*6-8,11,13,15H,1,9-10,12,36H2,2-5H3/t3*15-/m111/s1. The average molecular weight is 1920 g/mol. The molecule has 12 aromatic rings. The minimum atomic E-state index is -1.96. The van der Waals surface area contributed by atoms with Gasteiger partial charge in [0.25, 0.3) is 0 Å². The molecule has 0 unspecified atom stereocenters. The van der Waals surface area contributed by atoms with Gasteiger partial charge in [-0.05, 0) is 131 Å². The quantitative estimate of drug-likeness (QED) is 0.0282. The molecule has 12 heterocycles. The summed E-state index contributed by atoms with van der Waals surface area (Å²) in [6, 6.07) is 7.30. The summed E-state index contributed by atoms with van der Waals surface area (Å²) in [5.41, 5.74) is 13.3. The topological polar surface area (TPSA) is 331 Å². The fourth-order valence-electron chi connectivity index (χ4n) is 16.4. The molecule has 42 heteroatoms. The number of hydrogen-bond acceptors (Lipinski definition) is 21. The Morgan fingerprint density at radius 3 is 0.985 bits per heavy atom. The Hall–Kier alpha value is -12.8. The summed E-state index contributed by atoms with van der Waals surface area (Å²) in [5, 5.41) is -3.68. The number of carbonyl (C=O) groups is 3. The van der Waals surface area contributed by atoms with Crippen molar-refractivity contribution in [2.45, 2.75) is 119 Å². The second-order valence-electron chi connectivity index (χ2n) is 32.5. The monoisotopic (exact) mass is 1920 g/mol. The van der Waals surface area contributed by atoms with Gasteiger partial charge in [0, 0.05) is 101 Å². The number of fused-ring (bicyclic) bond motifs is 3. The molecule has 9 aromatic heterocycles. The van der Waals surface area contributed by atoms with E-state index in [1.165, 1.54) is 27.4 Å². The van der Waals surface area contributed by atoms with Crippen molar-refractivity contribution in [3.8, 4) is 50.8 Å². The van der Waals surface area contributed by atoms with Crippen molar-refractivity contribution in [3.63, 3.8) is 0 Å². The summed E-state index contributed by atoms with van der Waals surface area (Å²) in [6.45, 7) is 35.1. The SMILES string of the molecule is C=CC(=O)N1CCN(c2nc(=O)n(-c3c(C)ccnc3C(C)C)c3nc(-c4c(Cl)c(N)c(F)c(F)c4Cl)c(F)cc23)C[C@H]1C.C=CC(=O)N1CCN(c2nc(=O)n(-c3c(C)ccnc3C(C)C)c3nc(-c4c(N)c(Cl)c(F)c(Cl)c4F)c(F)cc23)C[C@H]1C.C=CC(=O)N1CCN(c2nc(=O)n(-c3c(C)ccnc3C(C)C)c3nc(-c4c(N)c(Cl)c(F)c(F)c4F)c(F)cc23)C[C@H]1C. The molecule has 3 saturated heterocycles. The van der Waals surface area contributed by atoms with Crippen molar-refractivity contribution in [1.82, 2.24) is 73.3 Å². The number of nitrogen functional groups attached to an aromatic ring is 3. The van der Waals surface area contributed by atoms with Crippen LogP contribution in [0.1, 0.15) is 114 Å². The molecule has 3 aliphatic rings. The second kappa shape index (κ2) is 38.2. The van der Waals surface area contributed by atoms with E-state index in [2.05, 4.69) is 64.6 Å². The van der Waals surface area contributed by atoms with Crippen LogP contribution in [0.5, 0.6) is 0 Å². The Kier molecular flexibility index (Phi) is 28.0. The third kappa shape index (κ3) is 17.3. The molecule has 0 spiro atoms. The lowest BCUT2D eigenvalue weighted by molar-refractivity contribution is -0.129. The van der Waals surface area contributed by atoms with E-state index in [1.807, 2.05) is 55.4 Å². The molecule has 0 radical (unpaired) electrons. The summed E-state index contributed by atoms with van der Waals surface area (Å²) in [6.07, 6.45) is 8.45. The van der Waals surface area contributed by atoms with Crippen LogP contribution in [-0.4, -0.2) is 168 Å². The molecule has 132 heavy (non-hydrogen) atoms. The largest absolute Gasteiger partial charge is 0.397 e. The third-order valence-corrected chi connectivity index (χ3v) is 24.8. The van der Waals surface area contributed by atoms with Crippen LogP contribution in [0.4, 0.5) is 78.4 Å². The highest BCUT2D eigenvalue weighted by molar-refractivity contribution is 6.41. The highest BCUT2D eigenvalue weighted by atomic mass is 35.5. The number of carbonyl (C=O) groups excluding carboxylic acids is 3.